The maximum absolute atomic E-state index is 12.0. The van der Waals surface area contributed by atoms with Gasteiger partial charge in [-0.1, -0.05) is 29.8 Å². The molecule has 1 saturated heterocycles. The predicted octanol–water partition coefficient (Wildman–Crippen LogP) is 3.87. The number of carbonyl (C=O) groups is 2. The third-order valence-corrected chi connectivity index (χ3v) is 4.24. The first-order valence-corrected chi connectivity index (χ1v) is 8.59. The van der Waals surface area contributed by atoms with E-state index in [1.165, 1.54) is 0 Å². The van der Waals surface area contributed by atoms with E-state index in [4.69, 9.17) is 16.3 Å². The highest BCUT2D eigenvalue weighted by Crippen LogP contribution is 2.31. The first-order chi connectivity index (χ1) is 12.1. The molecule has 0 saturated carbocycles. The maximum atomic E-state index is 12.0. The van der Waals surface area contributed by atoms with Crippen LogP contribution in [-0.4, -0.2) is 25.0 Å². The normalized spacial score (nSPS) is 13.8. The molecule has 0 aromatic heterocycles. The first-order valence-electron chi connectivity index (χ1n) is 8.21. The Bertz CT molecular complexity index is 765. The molecule has 0 atom stereocenters. The number of benzene rings is 2. The standard InChI is InChI=1S/C19H19ClN2O3/c20-16-13-14(8-9-17(16)22-11-4-7-19(22)24)21-18(23)10-12-25-15-5-2-1-3-6-15/h1-3,5-6,8-9,13H,4,7,10-12H2,(H,21,23). The molecule has 3 rings (SSSR count). The van der Waals surface area contributed by atoms with E-state index in [-0.39, 0.29) is 18.2 Å². The number of halogens is 1. The van der Waals surface area contributed by atoms with Crippen LogP contribution in [0.3, 0.4) is 0 Å². The van der Waals surface area contributed by atoms with Gasteiger partial charge in [-0.25, -0.2) is 0 Å². The molecule has 130 valence electrons. The summed E-state index contributed by atoms with van der Waals surface area (Å²) in [4.78, 5) is 25.5. The zero-order chi connectivity index (χ0) is 17.6. The molecule has 25 heavy (non-hydrogen) atoms. The zero-order valence-corrected chi connectivity index (χ0v) is 14.5. The molecular weight excluding hydrogens is 340 g/mol. The Hall–Kier alpha value is -2.53. The Morgan fingerprint density at radius 2 is 2.00 bits per heavy atom. The minimum atomic E-state index is -0.156. The van der Waals surface area contributed by atoms with Crippen molar-refractivity contribution in [1.82, 2.24) is 0 Å². The summed E-state index contributed by atoms with van der Waals surface area (Å²) in [5.74, 6) is 0.659. The summed E-state index contributed by atoms with van der Waals surface area (Å²) in [5.41, 5.74) is 1.29. The van der Waals surface area contributed by atoms with Crippen molar-refractivity contribution in [3.8, 4) is 5.75 Å². The van der Waals surface area contributed by atoms with E-state index in [0.29, 0.717) is 36.0 Å². The lowest BCUT2D eigenvalue weighted by Gasteiger charge is -2.18. The van der Waals surface area contributed by atoms with Gasteiger partial charge in [0.1, 0.15) is 5.75 Å². The number of para-hydroxylation sites is 1. The summed E-state index contributed by atoms with van der Waals surface area (Å²) in [6.07, 6.45) is 1.63. The average molecular weight is 359 g/mol. The average Bonchev–Trinajstić information content (AvgIpc) is 3.02. The summed E-state index contributed by atoms with van der Waals surface area (Å²) in [7, 11) is 0. The lowest BCUT2D eigenvalue weighted by Crippen LogP contribution is -2.24. The number of rotatable bonds is 6. The van der Waals surface area contributed by atoms with Crippen molar-refractivity contribution in [2.75, 3.05) is 23.4 Å². The van der Waals surface area contributed by atoms with Gasteiger partial charge >= 0.3 is 0 Å². The van der Waals surface area contributed by atoms with E-state index < -0.39 is 0 Å². The Kier molecular flexibility index (Phi) is 5.56. The van der Waals surface area contributed by atoms with Gasteiger partial charge in [-0.15, -0.1) is 0 Å². The molecule has 1 aliphatic heterocycles. The predicted molar refractivity (Wildman–Crippen MR) is 98.2 cm³/mol. The molecule has 2 amide bonds. The van der Waals surface area contributed by atoms with Gasteiger partial charge in [-0.2, -0.15) is 0 Å². The summed E-state index contributed by atoms with van der Waals surface area (Å²) in [5, 5.41) is 3.24. The van der Waals surface area contributed by atoms with Crippen LogP contribution in [0.25, 0.3) is 0 Å². The Labute approximate surface area is 151 Å². The van der Waals surface area contributed by atoms with Crippen LogP contribution in [0.15, 0.2) is 48.5 Å². The van der Waals surface area contributed by atoms with Crippen molar-refractivity contribution < 1.29 is 14.3 Å². The van der Waals surface area contributed by atoms with E-state index in [1.807, 2.05) is 30.3 Å². The SMILES string of the molecule is O=C(CCOc1ccccc1)Nc1ccc(N2CCCC2=O)c(Cl)c1. The number of hydrogen-bond donors (Lipinski definition) is 1. The fourth-order valence-corrected chi connectivity index (χ4v) is 2.99. The summed E-state index contributed by atoms with van der Waals surface area (Å²) in [6, 6.07) is 14.5. The largest absolute Gasteiger partial charge is 0.493 e. The topological polar surface area (TPSA) is 58.6 Å². The van der Waals surface area contributed by atoms with Crippen LogP contribution < -0.4 is 15.0 Å². The van der Waals surface area contributed by atoms with Crippen LogP contribution in [-0.2, 0) is 9.59 Å². The van der Waals surface area contributed by atoms with Crippen LogP contribution in [0.2, 0.25) is 5.02 Å². The summed E-state index contributed by atoms with van der Waals surface area (Å²) < 4.78 is 5.51. The zero-order valence-electron chi connectivity index (χ0n) is 13.7. The summed E-state index contributed by atoms with van der Waals surface area (Å²) in [6.45, 7) is 0.977. The molecule has 1 N–H and O–H groups in total. The molecule has 0 spiro atoms. The molecule has 0 bridgehead atoms. The van der Waals surface area contributed by atoms with Crippen molar-refractivity contribution >= 4 is 34.8 Å². The molecule has 1 fully saturated rings. The number of hydrogen-bond acceptors (Lipinski definition) is 3. The second kappa shape index (κ2) is 8.03. The van der Waals surface area contributed by atoms with Gasteiger partial charge in [0.25, 0.3) is 0 Å². The van der Waals surface area contributed by atoms with Gasteiger partial charge in [0.15, 0.2) is 0 Å². The van der Waals surface area contributed by atoms with Crippen LogP contribution in [0.5, 0.6) is 5.75 Å². The molecule has 1 heterocycles. The van der Waals surface area contributed by atoms with Gasteiger partial charge in [-0.3, -0.25) is 9.59 Å². The number of ether oxygens (including phenoxy) is 1. The van der Waals surface area contributed by atoms with Crippen molar-refractivity contribution in [3.63, 3.8) is 0 Å². The van der Waals surface area contributed by atoms with Gasteiger partial charge in [0.05, 0.1) is 23.7 Å². The molecule has 6 heteroatoms. The quantitative estimate of drug-likeness (QED) is 0.852. The third-order valence-electron chi connectivity index (χ3n) is 3.94. The van der Waals surface area contributed by atoms with E-state index >= 15 is 0 Å². The number of anilines is 2. The Morgan fingerprint density at radius 3 is 2.68 bits per heavy atom. The smallest absolute Gasteiger partial charge is 0.227 e. The van der Waals surface area contributed by atoms with E-state index in [9.17, 15) is 9.59 Å². The minimum Gasteiger partial charge on any atom is -0.493 e. The van der Waals surface area contributed by atoms with Gasteiger partial charge in [0.2, 0.25) is 11.8 Å². The second-order valence-corrected chi connectivity index (χ2v) is 6.18. The van der Waals surface area contributed by atoms with Crippen molar-refractivity contribution in [3.05, 3.63) is 53.6 Å². The second-order valence-electron chi connectivity index (χ2n) is 5.77. The van der Waals surface area contributed by atoms with Crippen LogP contribution >= 0.6 is 11.6 Å². The molecule has 0 unspecified atom stereocenters. The highest BCUT2D eigenvalue weighted by atomic mass is 35.5. The van der Waals surface area contributed by atoms with Crippen molar-refractivity contribution in [2.45, 2.75) is 19.3 Å². The molecule has 0 aliphatic carbocycles. The molecule has 2 aromatic carbocycles. The first kappa shape index (κ1) is 17.3. The van der Waals surface area contributed by atoms with Gasteiger partial charge in [0, 0.05) is 18.7 Å². The number of nitrogens with zero attached hydrogens (tertiary/aromatic N) is 1. The molecule has 5 nitrogen and oxygen atoms in total. The monoisotopic (exact) mass is 358 g/mol. The lowest BCUT2D eigenvalue weighted by atomic mass is 10.2. The highest BCUT2D eigenvalue weighted by Gasteiger charge is 2.23. The van der Waals surface area contributed by atoms with Gasteiger partial charge in [-0.05, 0) is 36.8 Å². The highest BCUT2D eigenvalue weighted by molar-refractivity contribution is 6.34. The molecular formula is C19H19ClN2O3. The molecule has 1 aliphatic rings. The van der Waals surface area contributed by atoms with Crippen molar-refractivity contribution in [1.29, 1.82) is 0 Å². The number of nitrogens with one attached hydrogen (secondary N) is 1. The third kappa shape index (κ3) is 4.51. The summed E-state index contributed by atoms with van der Waals surface area (Å²) >= 11 is 6.27. The van der Waals surface area contributed by atoms with E-state index in [1.54, 1.807) is 23.1 Å². The minimum absolute atomic E-state index is 0.0803. The molecule has 2 aromatic rings. The number of amides is 2. The fourth-order valence-electron chi connectivity index (χ4n) is 2.71. The van der Waals surface area contributed by atoms with Crippen LogP contribution in [0.1, 0.15) is 19.3 Å². The molecule has 0 radical (unpaired) electrons. The number of carbonyl (C=O) groups excluding carboxylic acids is 2. The Balaban J connectivity index is 1.53. The maximum Gasteiger partial charge on any atom is 0.227 e. The van der Waals surface area contributed by atoms with Gasteiger partial charge < -0.3 is 15.0 Å². The van der Waals surface area contributed by atoms with Crippen LogP contribution in [0, 0.1) is 0 Å². The Morgan fingerprint density at radius 1 is 1.20 bits per heavy atom. The van der Waals surface area contributed by atoms with Crippen molar-refractivity contribution in [2.24, 2.45) is 0 Å². The van der Waals surface area contributed by atoms with Crippen LogP contribution in [0.4, 0.5) is 11.4 Å². The lowest BCUT2D eigenvalue weighted by molar-refractivity contribution is -0.117. The van der Waals surface area contributed by atoms with E-state index in [2.05, 4.69) is 5.32 Å². The fraction of sp³-hybridized carbons (Fsp3) is 0.263. The van der Waals surface area contributed by atoms with E-state index in [0.717, 1.165) is 12.2 Å².